The molecule has 3 heteroatoms. The van der Waals surface area contributed by atoms with Crippen LogP contribution in [-0.4, -0.2) is 17.7 Å². The maximum atomic E-state index is 6.42. The highest BCUT2D eigenvalue weighted by Gasteiger charge is 2.33. The van der Waals surface area contributed by atoms with Crippen LogP contribution in [0.1, 0.15) is 48.1 Å². The van der Waals surface area contributed by atoms with Crippen LogP contribution in [0.25, 0.3) is 0 Å². The van der Waals surface area contributed by atoms with Crippen molar-refractivity contribution >= 4 is 0 Å². The SMILES string of the molecule is Cc1cc2c(c(C[C@@H]3CCCN(N)[C@@H]3c3ccccc3)c1)OC(C)C2. The Bertz CT molecular complexity index is 743. The Labute approximate surface area is 150 Å². The number of piperidine rings is 1. The van der Waals surface area contributed by atoms with Crippen molar-refractivity contribution in [1.29, 1.82) is 0 Å². The first-order valence-electron chi connectivity index (χ1n) is 9.47. The molecule has 2 aromatic rings. The first kappa shape index (κ1) is 16.6. The number of ether oxygens (including phenoxy) is 1. The van der Waals surface area contributed by atoms with Gasteiger partial charge in [0.2, 0.25) is 0 Å². The molecule has 4 rings (SSSR count). The second kappa shape index (κ2) is 6.81. The Balaban J connectivity index is 1.65. The lowest BCUT2D eigenvalue weighted by Crippen LogP contribution is -2.44. The number of hydrogen-bond acceptors (Lipinski definition) is 3. The van der Waals surface area contributed by atoms with Crippen molar-refractivity contribution in [2.45, 2.75) is 51.7 Å². The predicted molar refractivity (Wildman–Crippen MR) is 101 cm³/mol. The van der Waals surface area contributed by atoms with Gasteiger partial charge < -0.3 is 4.74 Å². The summed E-state index contributed by atoms with van der Waals surface area (Å²) in [5.41, 5.74) is 5.40. The minimum Gasteiger partial charge on any atom is -0.490 e. The summed E-state index contributed by atoms with van der Waals surface area (Å²) in [5.74, 6) is 8.08. The molecule has 2 aromatic carbocycles. The maximum Gasteiger partial charge on any atom is 0.126 e. The number of fused-ring (bicyclic) bond motifs is 1. The molecule has 0 aliphatic carbocycles. The van der Waals surface area contributed by atoms with Gasteiger partial charge in [-0.3, -0.25) is 5.84 Å². The Morgan fingerprint density at radius 1 is 1.20 bits per heavy atom. The van der Waals surface area contributed by atoms with Gasteiger partial charge in [0, 0.05) is 13.0 Å². The number of rotatable bonds is 3. The quantitative estimate of drug-likeness (QED) is 0.854. The van der Waals surface area contributed by atoms with Gasteiger partial charge in [0.25, 0.3) is 0 Å². The molecule has 2 aliphatic heterocycles. The van der Waals surface area contributed by atoms with E-state index in [0.29, 0.717) is 5.92 Å². The van der Waals surface area contributed by atoms with Crippen LogP contribution in [0.3, 0.4) is 0 Å². The predicted octanol–water partition coefficient (Wildman–Crippen LogP) is 4.19. The fourth-order valence-electron chi connectivity index (χ4n) is 4.65. The third-order valence-electron chi connectivity index (χ3n) is 5.63. The van der Waals surface area contributed by atoms with Gasteiger partial charge in [-0.2, -0.15) is 0 Å². The first-order valence-corrected chi connectivity index (χ1v) is 9.47. The minimum absolute atomic E-state index is 0.282. The molecule has 25 heavy (non-hydrogen) atoms. The van der Waals surface area contributed by atoms with E-state index in [1.165, 1.54) is 28.7 Å². The van der Waals surface area contributed by atoms with E-state index in [2.05, 4.69) is 56.3 Å². The van der Waals surface area contributed by atoms with Crippen molar-refractivity contribution in [2.75, 3.05) is 6.54 Å². The Hall–Kier alpha value is -1.84. The molecule has 1 fully saturated rings. The van der Waals surface area contributed by atoms with Crippen LogP contribution in [0.4, 0.5) is 0 Å². The third-order valence-corrected chi connectivity index (χ3v) is 5.63. The number of aryl methyl sites for hydroxylation is 1. The largest absolute Gasteiger partial charge is 0.490 e. The van der Waals surface area contributed by atoms with Crippen molar-refractivity contribution in [2.24, 2.45) is 11.8 Å². The molecule has 0 amide bonds. The van der Waals surface area contributed by atoms with E-state index in [4.69, 9.17) is 10.6 Å². The van der Waals surface area contributed by atoms with Gasteiger partial charge in [-0.05, 0) is 55.7 Å². The summed E-state index contributed by atoms with van der Waals surface area (Å²) >= 11 is 0. The first-order chi connectivity index (χ1) is 12.1. The van der Waals surface area contributed by atoms with Gasteiger partial charge in [-0.1, -0.05) is 48.0 Å². The van der Waals surface area contributed by atoms with Gasteiger partial charge in [0.05, 0.1) is 6.04 Å². The topological polar surface area (TPSA) is 38.5 Å². The van der Waals surface area contributed by atoms with Crippen LogP contribution in [-0.2, 0) is 12.8 Å². The molecule has 3 atom stereocenters. The molecule has 2 aliphatic rings. The number of nitrogens with zero attached hydrogens (tertiary/aromatic N) is 1. The zero-order valence-electron chi connectivity index (χ0n) is 15.2. The Morgan fingerprint density at radius 2 is 2.00 bits per heavy atom. The number of benzene rings is 2. The molecule has 0 spiro atoms. The number of hydrogen-bond donors (Lipinski definition) is 1. The van der Waals surface area contributed by atoms with Crippen molar-refractivity contribution < 1.29 is 4.74 Å². The summed E-state index contributed by atoms with van der Waals surface area (Å²) in [4.78, 5) is 0. The van der Waals surface area contributed by atoms with E-state index in [1.807, 2.05) is 5.01 Å². The van der Waals surface area contributed by atoms with Gasteiger partial charge in [-0.15, -0.1) is 0 Å². The number of hydrazine groups is 1. The summed E-state index contributed by atoms with van der Waals surface area (Å²) in [5, 5.41) is 2.04. The second-order valence-corrected chi connectivity index (χ2v) is 7.74. The van der Waals surface area contributed by atoms with Crippen molar-refractivity contribution in [1.82, 2.24) is 5.01 Å². The van der Waals surface area contributed by atoms with Crippen molar-refractivity contribution in [3.63, 3.8) is 0 Å². The van der Waals surface area contributed by atoms with Crippen LogP contribution < -0.4 is 10.6 Å². The van der Waals surface area contributed by atoms with Gasteiger partial charge >= 0.3 is 0 Å². The lowest BCUT2D eigenvalue weighted by atomic mass is 9.81. The standard InChI is InChI=1S/C22H28N2O/c1-15-11-19-13-16(2)25-22(19)20(12-15)14-18-9-6-10-24(23)21(18)17-7-4-3-5-8-17/h3-5,7-8,11-12,16,18,21H,6,9-10,13-14,23H2,1-2H3/t16?,18-,21+/m0/s1. The molecule has 132 valence electrons. The average Bonchev–Trinajstić information content (AvgIpc) is 2.96. The lowest BCUT2D eigenvalue weighted by molar-refractivity contribution is 0.0921. The van der Waals surface area contributed by atoms with Crippen LogP contribution in [0.5, 0.6) is 5.75 Å². The molecule has 2 N–H and O–H groups in total. The zero-order chi connectivity index (χ0) is 17.4. The highest BCUT2D eigenvalue weighted by Crippen LogP contribution is 2.40. The molecule has 0 radical (unpaired) electrons. The van der Waals surface area contributed by atoms with Crippen molar-refractivity contribution in [3.8, 4) is 5.75 Å². The Kier molecular flexibility index (Phi) is 4.53. The summed E-state index contributed by atoms with van der Waals surface area (Å²) in [7, 11) is 0. The summed E-state index contributed by atoms with van der Waals surface area (Å²) < 4.78 is 6.16. The fourth-order valence-corrected chi connectivity index (χ4v) is 4.65. The molecule has 0 bridgehead atoms. The smallest absolute Gasteiger partial charge is 0.126 e. The average molecular weight is 336 g/mol. The molecular weight excluding hydrogens is 308 g/mol. The van der Waals surface area contributed by atoms with E-state index in [0.717, 1.165) is 31.6 Å². The fraction of sp³-hybridized carbons (Fsp3) is 0.455. The zero-order valence-corrected chi connectivity index (χ0v) is 15.2. The van der Waals surface area contributed by atoms with Crippen LogP contribution in [0.15, 0.2) is 42.5 Å². The van der Waals surface area contributed by atoms with E-state index < -0.39 is 0 Å². The van der Waals surface area contributed by atoms with Crippen molar-refractivity contribution in [3.05, 3.63) is 64.7 Å². The van der Waals surface area contributed by atoms with E-state index in [-0.39, 0.29) is 12.1 Å². The Morgan fingerprint density at radius 3 is 2.80 bits per heavy atom. The monoisotopic (exact) mass is 336 g/mol. The van der Waals surface area contributed by atoms with Gasteiger partial charge in [0.15, 0.2) is 0 Å². The van der Waals surface area contributed by atoms with E-state index in [9.17, 15) is 0 Å². The lowest BCUT2D eigenvalue weighted by Gasteiger charge is -2.39. The summed E-state index contributed by atoms with van der Waals surface area (Å²) in [6.45, 7) is 5.32. The molecule has 0 saturated carbocycles. The van der Waals surface area contributed by atoms with Gasteiger partial charge in [-0.25, -0.2) is 5.01 Å². The normalized spacial score (nSPS) is 26.3. The molecule has 2 heterocycles. The van der Waals surface area contributed by atoms with Crippen LogP contribution in [0.2, 0.25) is 0 Å². The highest BCUT2D eigenvalue weighted by molar-refractivity contribution is 5.47. The number of nitrogens with two attached hydrogens (primary N) is 1. The van der Waals surface area contributed by atoms with E-state index >= 15 is 0 Å². The molecule has 1 saturated heterocycles. The minimum atomic E-state index is 0.282. The maximum absolute atomic E-state index is 6.42. The third kappa shape index (κ3) is 3.31. The summed E-state index contributed by atoms with van der Waals surface area (Å²) in [6.07, 6.45) is 4.73. The highest BCUT2D eigenvalue weighted by atomic mass is 16.5. The molecule has 1 unspecified atom stereocenters. The molecule has 0 aromatic heterocycles. The van der Waals surface area contributed by atoms with E-state index in [1.54, 1.807) is 0 Å². The van der Waals surface area contributed by atoms with Gasteiger partial charge in [0.1, 0.15) is 11.9 Å². The second-order valence-electron chi connectivity index (χ2n) is 7.74. The molecule has 3 nitrogen and oxygen atoms in total. The molecular formula is C22H28N2O. The van der Waals surface area contributed by atoms with Crippen LogP contribution >= 0.6 is 0 Å². The summed E-state index contributed by atoms with van der Waals surface area (Å²) in [6, 6.07) is 15.6. The van der Waals surface area contributed by atoms with Crippen LogP contribution in [0, 0.1) is 12.8 Å².